The van der Waals surface area contributed by atoms with Crippen molar-refractivity contribution in [2.45, 2.75) is 11.3 Å². The molecule has 2 rings (SSSR count). The monoisotopic (exact) mass is 304 g/mol. The number of nitriles is 1. The van der Waals surface area contributed by atoms with Crippen LogP contribution in [0.2, 0.25) is 0 Å². The molecular weight excluding hydrogens is 291 g/mol. The van der Waals surface area contributed by atoms with E-state index in [1.807, 2.05) is 6.07 Å². The highest BCUT2D eigenvalue weighted by atomic mass is 32.2. The van der Waals surface area contributed by atoms with Crippen molar-refractivity contribution in [1.82, 2.24) is 0 Å². The van der Waals surface area contributed by atoms with E-state index in [0.717, 1.165) is 9.87 Å². The fraction of sp³-hybridized carbons (Fsp3) is 0.133. The van der Waals surface area contributed by atoms with Crippen LogP contribution in [0.15, 0.2) is 53.4 Å². The van der Waals surface area contributed by atoms with Gasteiger partial charge in [0, 0.05) is 7.05 Å². The van der Waals surface area contributed by atoms with Gasteiger partial charge in [-0.15, -0.1) is 0 Å². The molecule has 0 radical (unpaired) electrons. The van der Waals surface area contributed by atoms with Gasteiger partial charge in [0.05, 0.1) is 23.1 Å². The molecule has 0 spiro atoms. The molecule has 0 N–H and O–H groups in total. The van der Waals surface area contributed by atoms with Gasteiger partial charge in [0.1, 0.15) is 5.82 Å². The Kier molecular flexibility index (Phi) is 4.24. The Bertz CT molecular complexity index is 763. The summed E-state index contributed by atoms with van der Waals surface area (Å²) < 4.78 is 38.9. The summed E-state index contributed by atoms with van der Waals surface area (Å²) in [6.07, 6.45) is 0.230. The van der Waals surface area contributed by atoms with Crippen molar-refractivity contribution < 1.29 is 12.8 Å². The van der Waals surface area contributed by atoms with E-state index in [2.05, 4.69) is 0 Å². The van der Waals surface area contributed by atoms with Crippen molar-refractivity contribution in [3.05, 3.63) is 59.9 Å². The number of anilines is 1. The van der Waals surface area contributed by atoms with Gasteiger partial charge in [-0.1, -0.05) is 12.1 Å². The highest BCUT2D eigenvalue weighted by Gasteiger charge is 2.21. The van der Waals surface area contributed by atoms with Gasteiger partial charge in [-0.3, -0.25) is 4.31 Å². The quantitative estimate of drug-likeness (QED) is 0.872. The minimum atomic E-state index is -3.71. The summed E-state index contributed by atoms with van der Waals surface area (Å²) in [4.78, 5) is 0.121. The van der Waals surface area contributed by atoms with Crippen LogP contribution in [0.25, 0.3) is 0 Å². The maximum absolute atomic E-state index is 12.9. The smallest absolute Gasteiger partial charge is 0.264 e. The highest BCUT2D eigenvalue weighted by molar-refractivity contribution is 7.92. The lowest BCUT2D eigenvalue weighted by Gasteiger charge is -2.19. The van der Waals surface area contributed by atoms with Gasteiger partial charge in [0.2, 0.25) is 0 Å². The van der Waals surface area contributed by atoms with Crippen molar-refractivity contribution in [1.29, 1.82) is 5.26 Å². The molecule has 21 heavy (non-hydrogen) atoms. The van der Waals surface area contributed by atoms with E-state index in [0.29, 0.717) is 5.69 Å². The van der Waals surface area contributed by atoms with Crippen molar-refractivity contribution in [3.8, 4) is 6.07 Å². The standard InChI is InChI=1S/C15H13FN2O2S/c1-18(14-6-4-13(16)5-7-14)21(19,20)15-8-2-12(3-9-15)10-11-17/h2-9H,10H2,1H3. The minimum Gasteiger partial charge on any atom is -0.269 e. The van der Waals surface area contributed by atoms with Crippen LogP contribution >= 0.6 is 0 Å². The predicted molar refractivity (Wildman–Crippen MR) is 77.7 cm³/mol. The van der Waals surface area contributed by atoms with Gasteiger partial charge < -0.3 is 0 Å². The van der Waals surface area contributed by atoms with Crippen LogP contribution in [0.1, 0.15) is 5.56 Å². The third-order valence-electron chi connectivity index (χ3n) is 3.06. The van der Waals surface area contributed by atoms with E-state index in [4.69, 9.17) is 5.26 Å². The van der Waals surface area contributed by atoms with Gasteiger partial charge in [-0.25, -0.2) is 12.8 Å². The zero-order chi connectivity index (χ0) is 15.5. The Morgan fingerprint density at radius 1 is 1.10 bits per heavy atom. The van der Waals surface area contributed by atoms with Gasteiger partial charge in [-0.2, -0.15) is 5.26 Å². The number of halogens is 1. The molecule has 0 atom stereocenters. The second-order valence-electron chi connectivity index (χ2n) is 4.43. The van der Waals surface area contributed by atoms with Crippen LogP contribution in [0.3, 0.4) is 0 Å². The summed E-state index contributed by atoms with van der Waals surface area (Å²) in [6.45, 7) is 0. The number of nitrogens with zero attached hydrogens (tertiary/aromatic N) is 2. The Hall–Kier alpha value is -2.39. The molecule has 0 saturated heterocycles. The summed E-state index contributed by atoms with van der Waals surface area (Å²) >= 11 is 0. The fourth-order valence-electron chi connectivity index (χ4n) is 1.82. The molecule has 0 amide bonds. The first-order chi connectivity index (χ1) is 9.95. The number of hydrogen-bond donors (Lipinski definition) is 0. The first-order valence-electron chi connectivity index (χ1n) is 6.15. The molecule has 108 valence electrons. The second kappa shape index (κ2) is 5.94. The van der Waals surface area contributed by atoms with E-state index in [9.17, 15) is 12.8 Å². The summed E-state index contributed by atoms with van der Waals surface area (Å²) in [6, 6.07) is 13.3. The molecule has 0 aliphatic heterocycles. The average Bonchev–Trinajstić information content (AvgIpc) is 2.48. The SMILES string of the molecule is CN(c1ccc(F)cc1)S(=O)(=O)c1ccc(CC#N)cc1. The lowest BCUT2D eigenvalue weighted by molar-refractivity contribution is 0.594. The maximum atomic E-state index is 12.9. The van der Waals surface area contributed by atoms with Gasteiger partial charge >= 0.3 is 0 Å². The lowest BCUT2D eigenvalue weighted by atomic mass is 10.2. The van der Waals surface area contributed by atoms with Gasteiger partial charge in [0.15, 0.2) is 0 Å². The summed E-state index contributed by atoms with van der Waals surface area (Å²) in [7, 11) is -2.30. The first-order valence-corrected chi connectivity index (χ1v) is 7.59. The zero-order valence-electron chi connectivity index (χ0n) is 11.3. The number of benzene rings is 2. The number of hydrogen-bond acceptors (Lipinski definition) is 3. The number of sulfonamides is 1. The third-order valence-corrected chi connectivity index (χ3v) is 4.85. The molecule has 4 nitrogen and oxygen atoms in total. The van der Waals surface area contributed by atoms with Crippen molar-refractivity contribution in [2.24, 2.45) is 0 Å². The van der Waals surface area contributed by atoms with Crippen LogP contribution in [0.4, 0.5) is 10.1 Å². The molecule has 0 unspecified atom stereocenters. The Morgan fingerprint density at radius 3 is 2.19 bits per heavy atom. The molecule has 0 saturated carbocycles. The van der Waals surface area contributed by atoms with Crippen LogP contribution in [-0.4, -0.2) is 15.5 Å². The summed E-state index contributed by atoms with van der Waals surface area (Å²) in [5.41, 5.74) is 1.12. The van der Waals surface area contributed by atoms with E-state index in [-0.39, 0.29) is 11.3 Å². The van der Waals surface area contributed by atoms with Crippen molar-refractivity contribution in [2.75, 3.05) is 11.4 Å². The molecule has 0 fully saturated rings. The number of rotatable bonds is 4. The molecule has 0 bridgehead atoms. The first kappa shape index (κ1) is 15.0. The lowest BCUT2D eigenvalue weighted by Crippen LogP contribution is -2.26. The van der Waals surface area contributed by atoms with Crippen LogP contribution < -0.4 is 4.31 Å². The second-order valence-corrected chi connectivity index (χ2v) is 6.40. The van der Waals surface area contributed by atoms with Crippen molar-refractivity contribution >= 4 is 15.7 Å². The molecule has 2 aromatic carbocycles. The van der Waals surface area contributed by atoms with E-state index in [1.165, 1.54) is 43.4 Å². The Balaban J connectivity index is 2.32. The molecule has 6 heteroatoms. The highest BCUT2D eigenvalue weighted by Crippen LogP contribution is 2.22. The van der Waals surface area contributed by atoms with Crippen molar-refractivity contribution in [3.63, 3.8) is 0 Å². The zero-order valence-corrected chi connectivity index (χ0v) is 12.1. The van der Waals surface area contributed by atoms with E-state index >= 15 is 0 Å². The molecule has 0 aliphatic rings. The minimum absolute atomic E-state index is 0.121. The largest absolute Gasteiger partial charge is 0.269 e. The van der Waals surface area contributed by atoms with Crippen LogP contribution in [0.5, 0.6) is 0 Å². The molecule has 0 heterocycles. The molecule has 2 aromatic rings. The molecule has 0 aliphatic carbocycles. The molecule has 0 aromatic heterocycles. The third kappa shape index (κ3) is 3.20. The Morgan fingerprint density at radius 2 is 1.67 bits per heavy atom. The van der Waals surface area contributed by atoms with E-state index in [1.54, 1.807) is 12.1 Å². The average molecular weight is 304 g/mol. The fourth-order valence-corrected chi connectivity index (χ4v) is 3.01. The predicted octanol–water partition coefficient (Wildman–Crippen LogP) is 2.72. The van der Waals surface area contributed by atoms with Gasteiger partial charge in [-0.05, 0) is 42.0 Å². The topological polar surface area (TPSA) is 61.2 Å². The molecular formula is C15H13FN2O2S. The van der Waals surface area contributed by atoms with E-state index < -0.39 is 15.8 Å². The van der Waals surface area contributed by atoms with Crippen LogP contribution in [-0.2, 0) is 16.4 Å². The Labute approximate surface area is 123 Å². The maximum Gasteiger partial charge on any atom is 0.264 e. The van der Waals surface area contributed by atoms with Crippen LogP contribution in [0, 0.1) is 17.1 Å². The van der Waals surface area contributed by atoms with Gasteiger partial charge in [0.25, 0.3) is 10.0 Å². The summed E-state index contributed by atoms with van der Waals surface area (Å²) in [5, 5.41) is 8.60. The summed E-state index contributed by atoms with van der Waals surface area (Å²) in [5.74, 6) is -0.426. The normalized spacial score (nSPS) is 10.9.